The number of esters is 1. The maximum atomic E-state index is 14.9. The largest absolute Gasteiger partial charge is 0.505 e. The number of aromatic nitrogens is 1. The number of carbonyl (C=O) groups is 8. The molecule has 2 aromatic carbocycles. The highest BCUT2D eigenvalue weighted by Crippen LogP contribution is 2.27. The molecule has 4 heterocycles. The van der Waals surface area contributed by atoms with Gasteiger partial charge in [0.15, 0.2) is 11.7 Å². The van der Waals surface area contributed by atoms with Crippen LogP contribution in [0.5, 0.6) is 5.75 Å². The first-order chi connectivity index (χ1) is 29.7. The quantitative estimate of drug-likeness (QED) is 0.211. The maximum absolute atomic E-state index is 14.9. The third-order valence-electron chi connectivity index (χ3n) is 11.6. The first-order valence-corrected chi connectivity index (χ1v) is 20.7. The van der Waals surface area contributed by atoms with E-state index in [9.17, 15) is 43.5 Å². The van der Waals surface area contributed by atoms with E-state index in [1.807, 2.05) is 24.3 Å². The summed E-state index contributed by atoms with van der Waals surface area (Å²) in [5.41, 5.74) is 1.35. The minimum Gasteiger partial charge on any atom is -0.505 e. The zero-order valence-electron chi connectivity index (χ0n) is 35.0. The van der Waals surface area contributed by atoms with Gasteiger partial charge in [-0.05, 0) is 61.6 Å². The molecule has 5 N–H and O–H groups in total. The van der Waals surface area contributed by atoms with E-state index in [4.69, 9.17) is 4.74 Å². The van der Waals surface area contributed by atoms with Gasteiger partial charge in [-0.2, -0.15) is 0 Å². The second-order valence-electron chi connectivity index (χ2n) is 15.6. The second kappa shape index (κ2) is 19.7. The predicted molar refractivity (Wildman–Crippen MR) is 223 cm³/mol. The number of carbonyl (C=O) groups excluding carboxylic acids is 8. The first kappa shape index (κ1) is 44.7. The Morgan fingerprint density at radius 1 is 0.871 bits per heavy atom. The van der Waals surface area contributed by atoms with Gasteiger partial charge in [0.2, 0.25) is 29.5 Å². The zero-order chi connectivity index (χ0) is 44.7. The lowest BCUT2D eigenvalue weighted by molar-refractivity contribution is -0.156. The number of pyridine rings is 1. The fraction of sp³-hybridized carbons (Fsp3) is 0.432. The van der Waals surface area contributed by atoms with Crippen LogP contribution in [0.3, 0.4) is 0 Å². The summed E-state index contributed by atoms with van der Waals surface area (Å²) in [6, 6.07) is 9.88. The highest BCUT2D eigenvalue weighted by molar-refractivity contribution is 6.01. The molecule has 0 radical (unpaired) electrons. The molecule has 328 valence electrons. The van der Waals surface area contributed by atoms with Crippen LogP contribution in [0, 0.1) is 0 Å². The maximum Gasteiger partial charge on any atom is 0.333 e. The summed E-state index contributed by atoms with van der Waals surface area (Å²) in [5, 5.41) is 21.3. The molecule has 0 saturated carbocycles. The number of hydrogen-bond donors (Lipinski definition) is 5. The molecular weight excluding hydrogens is 801 g/mol. The van der Waals surface area contributed by atoms with E-state index in [1.165, 1.54) is 47.0 Å². The van der Waals surface area contributed by atoms with E-state index < -0.39 is 95.2 Å². The number of amides is 6. The standard InChI is InChI=1S/C44H52N8O10/c1-5-30-41(58)51-21-10-13-31(51)42(59)50(4)33(23-26-15-17-28(45-3)18-16-26)43(60)52-22-19-29(53)24-32(52)38(55)49-36(27-11-7-6-8-12-27)44(61)62-25(2)35(39(56)47-30)48-40(57)37-34(54)14-9-20-46-37/h6-9,11-12,14-18,20,25,30-33,35-36,45,54H,5,10,13,19,21-24H2,1-4H3,(H,47,56)(H,48,57)(H,49,55)/t25-,30-,31+,32+,33+,35+,36+/m1/s1. The van der Waals surface area contributed by atoms with E-state index in [-0.39, 0.29) is 56.5 Å². The van der Waals surface area contributed by atoms with Crippen LogP contribution in [0.25, 0.3) is 0 Å². The number of nitrogens with one attached hydrogen (secondary N) is 4. The Morgan fingerprint density at radius 3 is 2.26 bits per heavy atom. The molecule has 7 atom stereocenters. The van der Waals surface area contributed by atoms with Crippen molar-refractivity contribution in [2.24, 2.45) is 0 Å². The van der Waals surface area contributed by atoms with Crippen LogP contribution < -0.4 is 21.3 Å². The number of hydrogen-bond acceptors (Lipinski definition) is 12. The minimum atomic E-state index is -1.68. The molecule has 3 aliphatic rings. The van der Waals surface area contributed by atoms with Crippen molar-refractivity contribution >= 4 is 52.9 Å². The molecule has 3 aromatic rings. The number of anilines is 1. The van der Waals surface area contributed by atoms with Gasteiger partial charge in [0.1, 0.15) is 47.8 Å². The van der Waals surface area contributed by atoms with Gasteiger partial charge in [0.05, 0.1) is 0 Å². The molecule has 3 saturated heterocycles. The Balaban J connectivity index is 1.43. The number of piperidine rings is 1. The number of aromatic hydroxyl groups is 1. The van der Waals surface area contributed by atoms with Crippen molar-refractivity contribution < 1.29 is 48.2 Å². The van der Waals surface area contributed by atoms with Gasteiger partial charge >= 0.3 is 5.97 Å². The van der Waals surface area contributed by atoms with Crippen LogP contribution in [0.4, 0.5) is 5.69 Å². The van der Waals surface area contributed by atoms with Crippen LogP contribution in [0.1, 0.15) is 73.6 Å². The molecule has 3 aliphatic heterocycles. The summed E-state index contributed by atoms with van der Waals surface area (Å²) in [5.74, 6) is -6.34. The summed E-state index contributed by atoms with van der Waals surface area (Å²) < 4.78 is 5.84. The van der Waals surface area contributed by atoms with E-state index in [1.54, 1.807) is 44.3 Å². The van der Waals surface area contributed by atoms with Crippen molar-refractivity contribution in [3.05, 3.63) is 89.7 Å². The number of nitrogens with zero attached hydrogens (tertiary/aromatic N) is 4. The minimum absolute atomic E-state index is 0.0262. The van der Waals surface area contributed by atoms with Crippen molar-refractivity contribution in [3.8, 4) is 5.75 Å². The number of ether oxygens (including phenoxy) is 1. The highest BCUT2D eigenvalue weighted by Gasteiger charge is 2.45. The average molecular weight is 853 g/mol. The number of likely N-dealkylation sites (N-methyl/N-ethyl adjacent to an activating group) is 1. The number of rotatable bonds is 7. The van der Waals surface area contributed by atoms with Crippen molar-refractivity contribution in [2.45, 2.75) is 94.7 Å². The number of ketones is 1. The van der Waals surface area contributed by atoms with Gasteiger partial charge in [-0.3, -0.25) is 33.6 Å². The zero-order valence-corrected chi connectivity index (χ0v) is 35.0. The van der Waals surface area contributed by atoms with Crippen LogP contribution in [0.15, 0.2) is 72.9 Å². The van der Waals surface area contributed by atoms with Gasteiger partial charge in [-0.15, -0.1) is 0 Å². The van der Waals surface area contributed by atoms with Crippen LogP contribution >= 0.6 is 0 Å². The Kier molecular flexibility index (Phi) is 14.2. The molecule has 18 nitrogen and oxygen atoms in total. The molecule has 0 bridgehead atoms. The Hall–Kier alpha value is -6.85. The first-order valence-electron chi connectivity index (χ1n) is 20.7. The summed E-state index contributed by atoms with van der Waals surface area (Å²) in [6.07, 6.45) is 0.167. The number of fused-ring (bicyclic) bond motifs is 2. The Labute approximate surface area is 358 Å². The second-order valence-corrected chi connectivity index (χ2v) is 15.6. The van der Waals surface area contributed by atoms with Crippen LogP contribution in [0.2, 0.25) is 0 Å². The highest BCUT2D eigenvalue weighted by atomic mass is 16.5. The molecule has 18 heteroatoms. The Bertz CT molecular complexity index is 2190. The number of cyclic esters (lactones) is 1. The van der Waals surface area contributed by atoms with E-state index in [0.717, 1.165) is 5.69 Å². The number of benzene rings is 2. The molecule has 3 fully saturated rings. The normalized spacial score (nSPS) is 25.6. The molecule has 6 rings (SSSR count). The van der Waals surface area contributed by atoms with Gasteiger partial charge in [-0.1, -0.05) is 49.4 Å². The summed E-state index contributed by atoms with van der Waals surface area (Å²) >= 11 is 0. The lowest BCUT2D eigenvalue weighted by atomic mass is 9.95. The third-order valence-corrected chi connectivity index (χ3v) is 11.6. The summed E-state index contributed by atoms with van der Waals surface area (Å²) in [7, 11) is 3.23. The molecule has 0 unspecified atom stereocenters. The van der Waals surface area contributed by atoms with Gasteiger partial charge in [-0.25, -0.2) is 9.78 Å². The summed E-state index contributed by atoms with van der Waals surface area (Å²) in [6.45, 7) is 3.01. The molecule has 0 spiro atoms. The van der Waals surface area contributed by atoms with Crippen LogP contribution in [-0.2, 0) is 44.7 Å². The van der Waals surface area contributed by atoms with E-state index >= 15 is 0 Å². The molecule has 6 amide bonds. The van der Waals surface area contributed by atoms with Crippen LogP contribution in [-0.4, -0.2) is 135 Å². The lowest BCUT2D eigenvalue weighted by Gasteiger charge is -2.40. The predicted octanol–water partition coefficient (Wildman–Crippen LogP) is 1.25. The van der Waals surface area contributed by atoms with Crippen molar-refractivity contribution in [1.82, 2.24) is 35.6 Å². The van der Waals surface area contributed by atoms with E-state index in [0.29, 0.717) is 12.0 Å². The smallest absolute Gasteiger partial charge is 0.333 e. The topological polar surface area (TPSA) is 237 Å². The van der Waals surface area contributed by atoms with Gasteiger partial charge < -0.3 is 45.8 Å². The fourth-order valence-corrected chi connectivity index (χ4v) is 8.07. The SMILES string of the molecule is CC[C@H]1NC(=O)[C@@H](NC(=O)c2ncccc2O)[C@@H](C)OC(=O)[C@H](c2ccccc2)NC(=O)[C@@H]2CC(=O)CCN2C(=O)[C@H](Cc2ccc(NC)cc2)N(C)C(=O)[C@@H]2CCCN2C1=O. The Morgan fingerprint density at radius 2 is 1.58 bits per heavy atom. The molecule has 1 aromatic heterocycles. The van der Waals surface area contributed by atoms with Crippen molar-refractivity contribution in [2.75, 3.05) is 32.5 Å². The van der Waals surface area contributed by atoms with Gasteiger partial charge in [0, 0.05) is 58.3 Å². The lowest BCUT2D eigenvalue weighted by Crippen LogP contribution is -2.61. The third kappa shape index (κ3) is 9.85. The van der Waals surface area contributed by atoms with Gasteiger partial charge in [0.25, 0.3) is 5.91 Å². The number of Topliss-reactive ketones (excluding diaryl/α,β-unsaturated/α-hetero) is 1. The molecule has 0 aliphatic carbocycles. The monoisotopic (exact) mass is 852 g/mol. The van der Waals surface area contributed by atoms with E-state index in [2.05, 4.69) is 26.3 Å². The molecular formula is C44H52N8O10. The summed E-state index contributed by atoms with van der Waals surface area (Å²) in [4.78, 5) is 121. The van der Waals surface area contributed by atoms with Crippen molar-refractivity contribution in [3.63, 3.8) is 0 Å². The average Bonchev–Trinajstić information content (AvgIpc) is 3.77. The fourth-order valence-electron chi connectivity index (χ4n) is 8.07. The van der Waals surface area contributed by atoms with Crippen molar-refractivity contribution in [1.29, 1.82) is 0 Å². The molecule has 62 heavy (non-hydrogen) atoms.